The van der Waals surface area contributed by atoms with Gasteiger partial charge in [-0.3, -0.25) is 4.79 Å². The number of nitrogens with two attached hydrogens (primary N) is 1. The molecule has 29 heavy (non-hydrogen) atoms. The maximum Gasteiger partial charge on any atom is 0.321 e. The van der Waals surface area contributed by atoms with Crippen molar-refractivity contribution in [2.24, 2.45) is 41.2 Å². The van der Waals surface area contributed by atoms with Crippen LogP contribution in [0.1, 0.15) is 65.5 Å². The number of aliphatic carboxylic acids is 1. The quantitative estimate of drug-likeness (QED) is 0.519. The predicted octanol–water partition coefficient (Wildman–Crippen LogP) is 5.95. The van der Waals surface area contributed by atoms with E-state index >= 15 is 0 Å². The second kappa shape index (κ2) is 9.87. The first-order valence-corrected chi connectivity index (χ1v) is 12.3. The van der Waals surface area contributed by atoms with Gasteiger partial charge in [-0.2, -0.15) is 0 Å². The van der Waals surface area contributed by atoms with E-state index in [-0.39, 0.29) is 4.75 Å². The number of carbonyl (C=O) groups is 1. The van der Waals surface area contributed by atoms with Crippen LogP contribution in [0.15, 0.2) is 24.3 Å². The van der Waals surface area contributed by atoms with Crippen LogP contribution in [0, 0.1) is 42.4 Å². The van der Waals surface area contributed by atoms with Crippen LogP contribution in [0.5, 0.6) is 0 Å². The Labute approximate surface area is 182 Å². The van der Waals surface area contributed by atoms with Crippen molar-refractivity contribution in [3.8, 4) is 0 Å². The number of rotatable bonds is 9. The lowest BCUT2D eigenvalue weighted by Gasteiger charge is -2.44. The van der Waals surface area contributed by atoms with E-state index in [0.717, 1.165) is 6.42 Å². The molecule has 3 nitrogen and oxygen atoms in total. The molecular formula is C25H41NO2S. The zero-order chi connectivity index (χ0) is 21.9. The van der Waals surface area contributed by atoms with E-state index in [9.17, 15) is 9.90 Å². The summed E-state index contributed by atoms with van der Waals surface area (Å²) in [5.74, 6) is 2.93. The molecule has 1 saturated carbocycles. The van der Waals surface area contributed by atoms with Crippen LogP contribution in [-0.2, 0) is 9.54 Å². The van der Waals surface area contributed by atoms with Crippen LogP contribution in [0.2, 0.25) is 0 Å². The minimum absolute atomic E-state index is 0.0979. The van der Waals surface area contributed by atoms with Crippen LogP contribution in [0.4, 0.5) is 0 Å². The zero-order valence-corrected chi connectivity index (χ0v) is 20.1. The molecule has 164 valence electrons. The summed E-state index contributed by atoms with van der Waals surface area (Å²) in [4.78, 5) is 11.5. The normalized spacial score (nSPS) is 30.8. The van der Waals surface area contributed by atoms with Crippen LogP contribution < -0.4 is 5.73 Å². The third-order valence-electron chi connectivity index (χ3n) is 7.19. The van der Waals surface area contributed by atoms with Gasteiger partial charge < -0.3 is 10.8 Å². The number of thioether (sulfide) groups is 1. The monoisotopic (exact) mass is 419 g/mol. The molecule has 0 aromatic heterocycles. The van der Waals surface area contributed by atoms with E-state index < -0.39 is 12.0 Å². The van der Waals surface area contributed by atoms with Crippen molar-refractivity contribution in [2.75, 3.05) is 5.75 Å². The summed E-state index contributed by atoms with van der Waals surface area (Å²) in [5, 5.41) is 9.45. The van der Waals surface area contributed by atoms with Crippen LogP contribution >= 0.6 is 11.8 Å². The molecule has 0 bridgehead atoms. The molecule has 6 atom stereocenters. The number of aryl methyl sites for hydroxylation is 1. The Kier molecular flexibility index (Phi) is 8.26. The second-order valence-corrected chi connectivity index (χ2v) is 10.9. The van der Waals surface area contributed by atoms with Crippen LogP contribution in [-0.4, -0.2) is 22.9 Å². The molecule has 6 unspecified atom stereocenters. The van der Waals surface area contributed by atoms with Gasteiger partial charge in [0.1, 0.15) is 6.04 Å². The summed E-state index contributed by atoms with van der Waals surface area (Å²) in [6.07, 6.45) is 2.28. The average molecular weight is 420 g/mol. The number of hydrogen-bond donors (Lipinski definition) is 2. The number of carboxylic acid groups (broad SMARTS) is 1. The van der Waals surface area contributed by atoms with Crippen molar-refractivity contribution in [3.05, 3.63) is 35.4 Å². The van der Waals surface area contributed by atoms with Gasteiger partial charge in [-0.05, 0) is 48.0 Å². The van der Waals surface area contributed by atoms with Gasteiger partial charge in [-0.1, -0.05) is 84.2 Å². The largest absolute Gasteiger partial charge is 0.480 e. The fourth-order valence-corrected chi connectivity index (χ4v) is 8.28. The van der Waals surface area contributed by atoms with Crippen LogP contribution in [0.3, 0.4) is 0 Å². The van der Waals surface area contributed by atoms with Gasteiger partial charge in [0.2, 0.25) is 0 Å². The average Bonchev–Trinajstić information content (AvgIpc) is 2.97. The van der Waals surface area contributed by atoms with Crippen LogP contribution in [0.25, 0.3) is 0 Å². The van der Waals surface area contributed by atoms with Gasteiger partial charge in [-0.15, -0.1) is 11.8 Å². The summed E-state index contributed by atoms with van der Waals surface area (Å²) in [6, 6.07) is 8.18. The minimum atomic E-state index is -0.906. The van der Waals surface area contributed by atoms with Gasteiger partial charge in [0.05, 0.1) is 0 Å². The molecule has 0 amide bonds. The molecule has 1 aromatic rings. The molecule has 0 saturated heterocycles. The molecule has 0 heterocycles. The van der Waals surface area contributed by atoms with Gasteiger partial charge in [0, 0.05) is 10.5 Å². The van der Waals surface area contributed by atoms with Crippen molar-refractivity contribution in [2.45, 2.75) is 72.1 Å². The summed E-state index contributed by atoms with van der Waals surface area (Å²) in [5.41, 5.74) is 8.62. The lowest BCUT2D eigenvalue weighted by atomic mass is 9.71. The standard InChI is InChI=1S/C25H41NO2S/c1-8-19-20(9-2)25(29-14-21(26)24(27)28,18-12-10-17(7)11-13-18)23(16(5)6)22(19)15(3)4/h10-13,15-16,19-23H,8-9,14,26H2,1-7H3,(H,27,28). The molecule has 3 N–H and O–H groups in total. The minimum Gasteiger partial charge on any atom is -0.480 e. The van der Waals surface area contributed by atoms with E-state index in [1.807, 2.05) is 11.8 Å². The Morgan fingerprint density at radius 2 is 1.69 bits per heavy atom. The van der Waals surface area contributed by atoms with Crippen molar-refractivity contribution in [1.82, 2.24) is 0 Å². The van der Waals surface area contributed by atoms with Gasteiger partial charge in [0.25, 0.3) is 0 Å². The summed E-state index contributed by atoms with van der Waals surface area (Å²) in [7, 11) is 0. The highest BCUT2D eigenvalue weighted by Crippen LogP contribution is 2.66. The summed E-state index contributed by atoms with van der Waals surface area (Å²) in [6.45, 7) is 16.2. The summed E-state index contributed by atoms with van der Waals surface area (Å²) < 4.78 is -0.0979. The third-order valence-corrected chi connectivity index (χ3v) is 9.01. The molecule has 4 heteroatoms. The second-order valence-electron chi connectivity index (χ2n) is 9.59. The van der Waals surface area contributed by atoms with Gasteiger partial charge >= 0.3 is 5.97 Å². The number of carboxylic acids is 1. The van der Waals surface area contributed by atoms with Gasteiger partial charge in [-0.25, -0.2) is 0 Å². The van der Waals surface area contributed by atoms with Crippen molar-refractivity contribution < 1.29 is 9.90 Å². The van der Waals surface area contributed by atoms with E-state index in [4.69, 9.17) is 5.73 Å². The fourth-order valence-electron chi connectivity index (χ4n) is 6.20. The maximum absolute atomic E-state index is 11.5. The molecule has 1 aromatic carbocycles. The van der Waals surface area contributed by atoms with Crippen molar-refractivity contribution in [3.63, 3.8) is 0 Å². The summed E-state index contributed by atoms with van der Waals surface area (Å²) >= 11 is 1.83. The molecular weight excluding hydrogens is 378 g/mol. The van der Waals surface area contributed by atoms with E-state index in [1.54, 1.807) is 0 Å². The first-order valence-electron chi connectivity index (χ1n) is 11.3. The highest BCUT2D eigenvalue weighted by atomic mass is 32.2. The molecule has 1 fully saturated rings. The molecule has 0 spiro atoms. The van der Waals surface area contributed by atoms with E-state index in [0.29, 0.717) is 41.3 Å². The molecule has 2 rings (SSSR count). The van der Waals surface area contributed by atoms with E-state index in [1.165, 1.54) is 17.5 Å². The highest BCUT2D eigenvalue weighted by Gasteiger charge is 2.60. The lowest BCUT2D eigenvalue weighted by Crippen LogP contribution is -2.42. The smallest absolute Gasteiger partial charge is 0.321 e. The Bertz CT molecular complexity index is 672. The van der Waals surface area contributed by atoms with Crippen molar-refractivity contribution >= 4 is 17.7 Å². The topological polar surface area (TPSA) is 63.3 Å². The molecule has 0 aliphatic heterocycles. The van der Waals surface area contributed by atoms with Gasteiger partial charge in [0.15, 0.2) is 0 Å². The first-order chi connectivity index (χ1) is 13.6. The zero-order valence-electron chi connectivity index (χ0n) is 19.3. The molecule has 0 radical (unpaired) electrons. The third kappa shape index (κ3) is 4.54. The highest BCUT2D eigenvalue weighted by molar-refractivity contribution is 8.00. The number of hydrogen-bond acceptors (Lipinski definition) is 3. The first kappa shape index (κ1) is 24.3. The molecule has 1 aliphatic carbocycles. The SMILES string of the molecule is CCC1C(C(C)C)C(C(C)C)C(SCC(N)C(=O)O)(c2ccc(C)cc2)C1CC. The van der Waals surface area contributed by atoms with Crippen molar-refractivity contribution in [1.29, 1.82) is 0 Å². The predicted molar refractivity (Wildman–Crippen MR) is 125 cm³/mol. The lowest BCUT2D eigenvalue weighted by molar-refractivity contribution is -0.137. The Balaban J connectivity index is 2.70. The maximum atomic E-state index is 11.5. The Hall–Kier alpha value is -1.00. The molecule has 1 aliphatic rings. The Morgan fingerprint density at radius 3 is 2.10 bits per heavy atom. The number of benzene rings is 1. The van der Waals surface area contributed by atoms with E-state index in [2.05, 4.69) is 72.7 Å². The Morgan fingerprint density at radius 1 is 1.10 bits per heavy atom. The fraction of sp³-hybridized carbons (Fsp3) is 0.720.